The maximum absolute atomic E-state index is 12.8. The Hall–Kier alpha value is -6.21. The Labute approximate surface area is 251 Å². The van der Waals surface area contributed by atoms with Gasteiger partial charge in [0.25, 0.3) is 0 Å². The van der Waals surface area contributed by atoms with Gasteiger partial charge in [0.2, 0.25) is 11.8 Å². The summed E-state index contributed by atoms with van der Waals surface area (Å²) in [5.41, 5.74) is 1.06. The number of hydrogen-bond acceptors (Lipinski definition) is 12. The zero-order chi connectivity index (χ0) is 30.7. The van der Waals surface area contributed by atoms with Crippen LogP contribution in [0.1, 0.15) is 0 Å². The molecule has 0 atom stereocenters. The van der Waals surface area contributed by atoms with Crippen LogP contribution in [0.15, 0.2) is 124 Å². The fourth-order valence-corrected chi connectivity index (χ4v) is 5.53. The normalized spacial score (nSPS) is 11.9. The molecule has 0 fully saturated rings. The number of nitrogens with zero attached hydrogens (tertiary/aromatic N) is 2. The number of aromatic nitrogens is 2. The number of oxazole rings is 2. The predicted molar refractivity (Wildman–Crippen MR) is 161 cm³/mol. The molecule has 0 aliphatic rings. The van der Waals surface area contributed by atoms with E-state index in [0.717, 1.165) is 0 Å². The lowest BCUT2D eigenvalue weighted by Crippen LogP contribution is -2.16. The van der Waals surface area contributed by atoms with Crippen LogP contribution in [0.3, 0.4) is 0 Å². The number of fused-ring (bicyclic) bond motifs is 4. The summed E-state index contributed by atoms with van der Waals surface area (Å²) in [6.07, 6.45) is 0. The van der Waals surface area contributed by atoms with Crippen molar-refractivity contribution in [3.05, 3.63) is 118 Å². The molecule has 4 aromatic heterocycles. The van der Waals surface area contributed by atoms with Crippen LogP contribution in [-0.4, -0.2) is 18.4 Å². The first-order valence-electron chi connectivity index (χ1n) is 13.3. The zero-order valence-corrected chi connectivity index (χ0v) is 23.4. The van der Waals surface area contributed by atoms with Gasteiger partial charge in [0, 0.05) is 22.9 Å². The average molecular weight is 621 g/mol. The first kappa shape index (κ1) is 26.4. The minimum Gasteiger partial charge on any atom is -0.436 e. The molecule has 220 valence electrons. The highest BCUT2D eigenvalue weighted by atomic mass is 32.3. The Balaban J connectivity index is 1.04. The minimum atomic E-state index is -4.67. The molecule has 0 N–H and O–H groups in total. The SMILES string of the molecule is O=c1oc2cc(OS(=O)(=O)Oc3ccc4cc(-c5nc6ccccc6o5)c(=O)oc4c3)ccc2cc1-c1nc2ccccc2o1. The third-order valence-electron chi connectivity index (χ3n) is 6.86. The van der Waals surface area contributed by atoms with Gasteiger partial charge >= 0.3 is 21.7 Å². The fraction of sp³-hybridized carbons (Fsp3) is 0. The summed E-state index contributed by atoms with van der Waals surface area (Å²) in [5.74, 6) is -0.153. The summed E-state index contributed by atoms with van der Waals surface area (Å²) in [4.78, 5) is 34.1. The van der Waals surface area contributed by atoms with Gasteiger partial charge in [-0.1, -0.05) is 24.3 Å². The summed E-state index contributed by atoms with van der Waals surface area (Å²) >= 11 is 0. The van der Waals surface area contributed by atoms with Gasteiger partial charge < -0.3 is 26.0 Å². The van der Waals surface area contributed by atoms with Crippen molar-refractivity contribution in [1.82, 2.24) is 9.97 Å². The molecule has 0 aliphatic heterocycles. The van der Waals surface area contributed by atoms with Crippen LogP contribution in [0.2, 0.25) is 0 Å². The molecule has 0 saturated heterocycles. The molecule has 13 heteroatoms. The fourth-order valence-electron chi connectivity index (χ4n) is 4.81. The minimum absolute atomic E-state index is 0.0646. The molecule has 8 rings (SSSR count). The largest absolute Gasteiger partial charge is 0.500 e. The number of para-hydroxylation sites is 4. The van der Waals surface area contributed by atoms with Crippen molar-refractivity contribution < 1.29 is 34.5 Å². The van der Waals surface area contributed by atoms with Gasteiger partial charge in [0.15, 0.2) is 11.2 Å². The number of rotatable bonds is 6. The van der Waals surface area contributed by atoms with E-state index in [9.17, 15) is 18.0 Å². The van der Waals surface area contributed by atoms with E-state index in [2.05, 4.69) is 9.97 Å². The second kappa shape index (κ2) is 9.92. The topological polar surface area (TPSA) is 165 Å². The van der Waals surface area contributed by atoms with Gasteiger partial charge in [-0.2, -0.15) is 0 Å². The smallest absolute Gasteiger partial charge is 0.436 e. The lowest BCUT2D eigenvalue weighted by Gasteiger charge is -2.09. The zero-order valence-electron chi connectivity index (χ0n) is 22.6. The quantitative estimate of drug-likeness (QED) is 0.193. The molecule has 0 unspecified atom stereocenters. The highest BCUT2D eigenvalue weighted by Gasteiger charge is 2.20. The molecular formula is C32H16N2O10S. The maximum atomic E-state index is 12.8. The van der Waals surface area contributed by atoms with E-state index in [1.807, 2.05) is 0 Å². The Bertz CT molecular complexity index is 2440. The van der Waals surface area contributed by atoms with E-state index >= 15 is 0 Å². The summed E-state index contributed by atoms with van der Waals surface area (Å²) < 4.78 is 57.9. The highest BCUT2D eigenvalue weighted by Crippen LogP contribution is 2.29. The van der Waals surface area contributed by atoms with Crippen molar-refractivity contribution in [3.8, 4) is 34.4 Å². The standard InChI is InChI=1S/C32H16N2O10S/c35-31-21(29-33-23-5-1-3-7-25(23)39-29)13-17-9-11-19(15-27(17)41-31)43-45(37,38)44-20-12-10-18-14-22(32(36)42-28(18)16-20)30-34-24-6-2-4-8-26(24)40-30/h1-16H. The van der Waals surface area contributed by atoms with Crippen LogP contribution >= 0.6 is 0 Å². The molecule has 0 saturated carbocycles. The van der Waals surface area contributed by atoms with Crippen molar-refractivity contribution >= 4 is 54.5 Å². The average Bonchev–Trinajstić information content (AvgIpc) is 3.64. The lowest BCUT2D eigenvalue weighted by atomic mass is 10.2. The molecule has 0 spiro atoms. The van der Waals surface area contributed by atoms with Crippen LogP contribution in [-0.2, 0) is 10.4 Å². The molecular weight excluding hydrogens is 604 g/mol. The Morgan fingerprint density at radius 3 is 1.40 bits per heavy atom. The van der Waals surface area contributed by atoms with E-state index < -0.39 is 21.7 Å². The second-order valence-electron chi connectivity index (χ2n) is 9.84. The first-order chi connectivity index (χ1) is 21.8. The van der Waals surface area contributed by atoms with Crippen LogP contribution in [0.25, 0.3) is 67.0 Å². The van der Waals surface area contributed by atoms with Gasteiger partial charge in [0.05, 0.1) is 0 Å². The van der Waals surface area contributed by atoms with Crippen molar-refractivity contribution in [1.29, 1.82) is 0 Å². The third-order valence-corrected chi connectivity index (χ3v) is 7.65. The molecule has 0 aliphatic carbocycles. The van der Waals surface area contributed by atoms with Crippen molar-refractivity contribution in [3.63, 3.8) is 0 Å². The third kappa shape index (κ3) is 4.86. The monoisotopic (exact) mass is 620 g/mol. The predicted octanol–water partition coefficient (Wildman–Crippen LogP) is 6.22. The first-order valence-corrected chi connectivity index (χ1v) is 14.6. The van der Waals surface area contributed by atoms with E-state index in [0.29, 0.717) is 33.0 Å². The van der Waals surface area contributed by atoms with E-state index in [1.54, 1.807) is 48.5 Å². The summed E-state index contributed by atoms with van der Waals surface area (Å²) in [5, 5.41) is 0.943. The molecule has 0 amide bonds. The van der Waals surface area contributed by atoms with Crippen LogP contribution < -0.4 is 19.6 Å². The van der Waals surface area contributed by atoms with E-state index in [4.69, 9.17) is 26.0 Å². The van der Waals surface area contributed by atoms with Gasteiger partial charge in [-0.05, 0) is 60.7 Å². The highest BCUT2D eigenvalue weighted by molar-refractivity contribution is 7.82. The van der Waals surface area contributed by atoms with Crippen molar-refractivity contribution in [2.24, 2.45) is 0 Å². The van der Waals surface area contributed by atoms with Gasteiger partial charge in [0.1, 0.15) is 44.8 Å². The van der Waals surface area contributed by atoms with Gasteiger partial charge in [-0.15, -0.1) is 8.42 Å². The van der Waals surface area contributed by atoms with Gasteiger partial charge in [-0.25, -0.2) is 19.6 Å². The number of benzene rings is 4. The summed E-state index contributed by atoms with van der Waals surface area (Å²) in [6.45, 7) is 0. The number of hydrogen-bond donors (Lipinski definition) is 0. The molecule has 0 bridgehead atoms. The van der Waals surface area contributed by atoms with Crippen LogP contribution in [0.4, 0.5) is 0 Å². The van der Waals surface area contributed by atoms with Gasteiger partial charge in [-0.3, -0.25) is 0 Å². The Morgan fingerprint density at radius 1 is 0.511 bits per heavy atom. The lowest BCUT2D eigenvalue weighted by molar-refractivity contribution is 0.392. The summed E-state index contributed by atoms with van der Waals surface area (Å²) in [7, 11) is -4.67. The molecule has 45 heavy (non-hydrogen) atoms. The molecule has 8 aromatic rings. The molecule has 4 heterocycles. The Kier molecular flexibility index (Phi) is 5.83. The second-order valence-corrected chi connectivity index (χ2v) is 11.0. The van der Waals surface area contributed by atoms with Crippen LogP contribution in [0, 0.1) is 0 Å². The van der Waals surface area contributed by atoms with E-state index in [-0.39, 0.29) is 45.6 Å². The Morgan fingerprint density at radius 2 is 0.956 bits per heavy atom. The summed E-state index contributed by atoms with van der Waals surface area (Å²) in [6, 6.07) is 25.4. The molecule has 12 nitrogen and oxygen atoms in total. The van der Waals surface area contributed by atoms with Crippen molar-refractivity contribution in [2.75, 3.05) is 0 Å². The maximum Gasteiger partial charge on any atom is 0.500 e. The van der Waals surface area contributed by atoms with E-state index in [1.165, 1.54) is 48.5 Å². The van der Waals surface area contributed by atoms with Crippen molar-refractivity contribution in [2.45, 2.75) is 0 Å². The van der Waals surface area contributed by atoms with Crippen LogP contribution in [0.5, 0.6) is 11.5 Å². The molecule has 4 aromatic carbocycles. The molecule has 0 radical (unpaired) electrons.